The highest BCUT2D eigenvalue weighted by Gasteiger charge is 2.33. The summed E-state index contributed by atoms with van der Waals surface area (Å²) < 4.78 is 45.9. The summed E-state index contributed by atoms with van der Waals surface area (Å²) in [5, 5.41) is 5.32. The predicted molar refractivity (Wildman–Crippen MR) is 143 cm³/mol. The maximum Gasteiger partial charge on any atom is 0.416 e. The molecule has 0 radical (unpaired) electrons. The average Bonchev–Trinajstić information content (AvgIpc) is 3.36. The van der Waals surface area contributed by atoms with Gasteiger partial charge in [-0.2, -0.15) is 18.2 Å². The number of carbonyl (C=O) groups is 1. The van der Waals surface area contributed by atoms with Crippen LogP contribution in [0.25, 0.3) is 11.5 Å². The molecule has 0 atom stereocenters. The van der Waals surface area contributed by atoms with Crippen LogP contribution in [0.15, 0.2) is 53.1 Å². The maximum absolute atomic E-state index is 13.5. The third-order valence-electron chi connectivity index (χ3n) is 6.43. The van der Waals surface area contributed by atoms with Gasteiger partial charge in [-0.05, 0) is 35.7 Å². The molecule has 212 valence electrons. The van der Waals surface area contributed by atoms with E-state index in [-0.39, 0.29) is 18.7 Å². The predicted octanol–water partition coefficient (Wildman–Crippen LogP) is 8.31. The third-order valence-corrected chi connectivity index (χ3v) is 6.43. The smallest absolute Gasteiger partial charge is 0.368 e. The summed E-state index contributed by atoms with van der Waals surface area (Å²) in [5.74, 6) is 0.418. The standard InChI is InChI=1S/C30H38F3N3O3/c1-3-4-5-6-7-8-9-10-11-19-28-34-29(38-35-28)25-17-14-15-24(20-25)21-36(39-23(2)37)22-26-16-12-13-18-27(26)30(31,32)33/h12-18,20H,3-11,19,21-22H2,1-2H3. The van der Waals surface area contributed by atoms with Crippen molar-refractivity contribution in [3.63, 3.8) is 0 Å². The zero-order chi connectivity index (χ0) is 28.1. The number of aromatic nitrogens is 2. The lowest BCUT2D eigenvalue weighted by atomic mass is 10.1. The SMILES string of the molecule is CCCCCCCCCCCc1noc(-c2cccc(CN(Cc3ccccc3C(F)(F)F)OC(C)=O)c2)n1. The minimum atomic E-state index is -4.51. The van der Waals surface area contributed by atoms with Crippen molar-refractivity contribution in [2.75, 3.05) is 0 Å². The molecule has 0 saturated heterocycles. The summed E-state index contributed by atoms with van der Waals surface area (Å²) in [6.45, 7) is 3.31. The van der Waals surface area contributed by atoms with Crippen LogP contribution in [0.2, 0.25) is 0 Å². The van der Waals surface area contributed by atoms with Crippen LogP contribution in [0.4, 0.5) is 13.2 Å². The van der Waals surface area contributed by atoms with Crippen LogP contribution in [0.1, 0.15) is 94.1 Å². The van der Waals surface area contributed by atoms with Crippen molar-refractivity contribution in [1.29, 1.82) is 0 Å². The number of carbonyl (C=O) groups excluding carboxylic acids is 1. The second kappa shape index (κ2) is 15.4. The van der Waals surface area contributed by atoms with Gasteiger partial charge in [-0.3, -0.25) is 4.79 Å². The Morgan fingerprint density at radius 2 is 1.62 bits per heavy atom. The molecule has 0 fully saturated rings. The fraction of sp³-hybridized carbons (Fsp3) is 0.500. The molecule has 2 aromatic carbocycles. The molecular formula is C30H38F3N3O3. The van der Waals surface area contributed by atoms with Crippen molar-refractivity contribution in [3.05, 3.63) is 71.0 Å². The lowest BCUT2D eigenvalue weighted by Crippen LogP contribution is -2.27. The van der Waals surface area contributed by atoms with Crippen LogP contribution in [-0.2, 0) is 35.3 Å². The minimum absolute atomic E-state index is 0.0143. The zero-order valence-electron chi connectivity index (χ0n) is 22.8. The molecule has 0 aliphatic rings. The van der Waals surface area contributed by atoms with E-state index in [1.54, 1.807) is 12.1 Å². The van der Waals surface area contributed by atoms with E-state index >= 15 is 0 Å². The first-order valence-corrected chi connectivity index (χ1v) is 13.8. The normalized spacial score (nSPS) is 11.7. The molecule has 1 aromatic heterocycles. The highest BCUT2D eigenvalue weighted by atomic mass is 19.4. The van der Waals surface area contributed by atoms with Crippen molar-refractivity contribution in [2.24, 2.45) is 0 Å². The van der Waals surface area contributed by atoms with E-state index < -0.39 is 17.7 Å². The van der Waals surface area contributed by atoms with Crippen LogP contribution >= 0.6 is 0 Å². The third kappa shape index (κ3) is 10.5. The number of unbranched alkanes of at least 4 members (excludes halogenated alkanes) is 8. The fourth-order valence-corrected chi connectivity index (χ4v) is 4.50. The molecule has 0 spiro atoms. The molecule has 0 unspecified atom stereocenters. The van der Waals surface area contributed by atoms with E-state index in [2.05, 4.69) is 17.1 Å². The molecule has 0 bridgehead atoms. The Morgan fingerprint density at radius 1 is 0.923 bits per heavy atom. The molecule has 0 amide bonds. The van der Waals surface area contributed by atoms with Crippen molar-refractivity contribution >= 4 is 5.97 Å². The van der Waals surface area contributed by atoms with Gasteiger partial charge in [0.25, 0.3) is 5.89 Å². The quantitative estimate of drug-likeness (QED) is 0.133. The monoisotopic (exact) mass is 545 g/mol. The summed E-state index contributed by atoms with van der Waals surface area (Å²) in [6, 6.07) is 12.5. The van der Waals surface area contributed by atoms with Gasteiger partial charge in [0.15, 0.2) is 5.82 Å². The Hall–Kier alpha value is -3.20. The summed E-state index contributed by atoms with van der Waals surface area (Å²) in [4.78, 5) is 21.5. The van der Waals surface area contributed by atoms with Crippen LogP contribution in [0.3, 0.4) is 0 Å². The molecule has 6 nitrogen and oxygen atoms in total. The molecule has 0 aliphatic heterocycles. The number of aryl methyl sites for hydroxylation is 1. The molecule has 3 rings (SSSR count). The highest BCUT2D eigenvalue weighted by molar-refractivity contribution is 5.65. The van der Waals surface area contributed by atoms with Crippen LogP contribution in [0.5, 0.6) is 0 Å². The van der Waals surface area contributed by atoms with Gasteiger partial charge >= 0.3 is 12.1 Å². The number of alkyl halides is 3. The Kier molecular flexibility index (Phi) is 12.0. The first-order chi connectivity index (χ1) is 18.8. The number of halogens is 3. The minimum Gasteiger partial charge on any atom is -0.368 e. The topological polar surface area (TPSA) is 68.5 Å². The number of hydrogen-bond acceptors (Lipinski definition) is 6. The summed E-state index contributed by atoms with van der Waals surface area (Å²) in [7, 11) is 0. The van der Waals surface area contributed by atoms with Crippen molar-refractivity contribution in [1.82, 2.24) is 15.2 Å². The van der Waals surface area contributed by atoms with E-state index in [9.17, 15) is 18.0 Å². The van der Waals surface area contributed by atoms with Gasteiger partial charge in [0, 0.05) is 18.9 Å². The molecule has 1 heterocycles. The van der Waals surface area contributed by atoms with Gasteiger partial charge in [-0.25, -0.2) is 0 Å². The van der Waals surface area contributed by atoms with Gasteiger partial charge < -0.3 is 9.36 Å². The van der Waals surface area contributed by atoms with E-state index in [4.69, 9.17) is 9.36 Å². The molecule has 3 aromatic rings. The number of hydroxylamine groups is 2. The molecule has 0 N–H and O–H groups in total. The van der Waals surface area contributed by atoms with Gasteiger partial charge in [0.1, 0.15) is 0 Å². The van der Waals surface area contributed by atoms with E-state index in [0.29, 0.717) is 17.3 Å². The van der Waals surface area contributed by atoms with Crippen LogP contribution in [-0.4, -0.2) is 21.2 Å². The fourth-order valence-electron chi connectivity index (χ4n) is 4.50. The van der Waals surface area contributed by atoms with Crippen molar-refractivity contribution in [3.8, 4) is 11.5 Å². The maximum atomic E-state index is 13.5. The van der Waals surface area contributed by atoms with E-state index in [0.717, 1.165) is 30.9 Å². The van der Waals surface area contributed by atoms with E-state index in [1.165, 1.54) is 75.1 Å². The van der Waals surface area contributed by atoms with Gasteiger partial charge in [0.2, 0.25) is 0 Å². The molecular weight excluding hydrogens is 507 g/mol. The molecule has 0 aliphatic carbocycles. The molecule has 39 heavy (non-hydrogen) atoms. The van der Waals surface area contributed by atoms with E-state index in [1.807, 2.05) is 12.1 Å². The van der Waals surface area contributed by atoms with Gasteiger partial charge in [-0.1, -0.05) is 93.8 Å². The number of rotatable bonds is 16. The lowest BCUT2D eigenvalue weighted by Gasteiger charge is -2.22. The lowest BCUT2D eigenvalue weighted by molar-refractivity contribution is -0.194. The second-order valence-electron chi connectivity index (χ2n) is 9.83. The number of nitrogens with zero attached hydrogens (tertiary/aromatic N) is 3. The first-order valence-electron chi connectivity index (χ1n) is 13.8. The van der Waals surface area contributed by atoms with Crippen LogP contribution < -0.4 is 0 Å². The summed E-state index contributed by atoms with van der Waals surface area (Å²) in [6.07, 6.45) is 7.39. The summed E-state index contributed by atoms with van der Waals surface area (Å²) >= 11 is 0. The molecule has 9 heteroatoms. The van der Waals surface area contributed by atoms with Crippen molar-refractivity contribution < 1.29 is 27.3 Å². The Bertz CT molecular complexity index is 1160. The first kappa shape index (κ1) is 30.3. The molecule has 0 saturated carbocycles. The number of benzene rings is 2. The van der Waals surface area contributed by atoms with Gasteiger partial charge in [-0.15, -0.1) is 5.06 Å². The second-order valence-corrected chi connectivity index (χ2v) is 9.83. The van der Waals surface area contributed by atoms with Gasteiger partial charge in [0.05, 0.1) is 18.7 Å². The number of hydrogen-bond donors (Lipinski definition) is 0. The highest BCUT2D eigenvalue weighted by Crippen LogP contribution is 2.32. The van der Waals surface area contributed by atoms with Crippen molar-refractivity contribution in [2.45, 2.75) is 97.3 Å². The Balaban J connectivity index is 1.58. The summed E-state index contributed by atoms with van der Waals surface area (Å²) in [5.41, 5.74) is 0.662. The Labute approximate surface area is 228 Å². The van der Waals surface area contributed by atoms with Crippen LogP contribution in [0, 0.1) is 0 Å². The Morgan fingerprint density at radius 3 is 2.31 bits per heavy atom. The zero-order valence-corrected chi connectivity index (χ0v) is 22.8. The largest absolute Gasteiger partial charge is 0.416 e. The average molecular weight is 546 g/mol.